The minimum atomic E-state index is -0.334. The Morgan fingerprint density at radius 3 is 2.57 bits per heavy atom. The van der Waals surface area contributed by atoms with Gasteiger partial charge in [-0.05, 0) is 43.1 Å². The number of hydrogen-bond acceptors (Lipinski definition) is 2. The highest BCUT2D eigenvalue weighted by Gasteiger charge is 2.15. The topological polar surface area (TPSA) is 21.3 Å². The van der Waals surface area contributed by atoms with Crippen LogP contribution in [0.1, 0.15) is 36.1 Å². The van der Waals surface area contributed by atoms with Crippen LogP contribution in [-0.2, 0) is 0 Å². The fourth-order valence-corrected chi connectivity index (χ4v) is 2.42. The van der Waals surface area contributed by atoms with Crippen LogP contribution in [0.25, 0.3) is 0 Å². The fraction of sp³-hybridized carbons (Fsp3) is 0.333. The second-order valence-electron chi connectivity index (χ2n) is 5.20. The van der Waals surface area contributed by atoms with Crippen molar-refractivity contribution >= 4 is 0 Å². The van der Waals surface area contributed by atoms with Gasteiger partial charge in [-0.3, -0.25) is 0 Å². The Labute approximate surface area is 126 Å². The molecular formula is C18H22FNO. The van der Waals surface area contributed by atoms with Crippen molar-refractivity contribution in [2.75, 3.05) is 13.7 Å². The van der Waals surface area contributed by atoms with Gasteiger partial charge in [0, 0.05) is 0 Å². The summed E-state index contributed by atoms with van der Waals surface area (Å²) in [5.74, 6) is -0.0526. The molecule has 0 radical (unpaired) electrons. The molecule has 0 aliphatic heterocycles. The Hall–Kier alpha value is -1.87. The van der Waals surface area contributed by atoms with Gasteiger partial charge in [-0.1, -0.05) is 42.8 Å². The van der Waals surface area contributed by atoms with Gasteiger partial charge in [-0.15, -0.1) is 0 Å². The predicted octanol–water partition coefficient (Wildman–Crippen LogP) is 4.23. The first-order chi connectivity index (χ1) is 10.2. The van der Waals surface area contributed by atoms with Crippen molar-refractivity contribution in [3.05, 3.63) is 65.0 Å². The largest absolute Gasteiger partial charge is 0.494 e. The van der Waals surface area contributed by atoms with E-state index in [0.29, 0.717) is 0 Å². The minimum absolute atomic E-state index is 0.0411. The monoisotopic (exact) mass is 287 g/mol. The molecule has 3 heteroatoms. The lowest BCUT2D eigenvalue weighted by atomic mass is 9.97. The van der Waals surface area contributed by atoms with Gasteiger partial charge in [0.15, 0.2) is 11.6 Å². The summed E-state index contributed by atoms with van der Waals surface area (Å²) in [5, 5.41) is 3.52. The molecule has 0 aromatic heterocycles. The van der Waals surface area contributed by atoms with E-state index in [4.69, 9.17) is 4.74 Å². The minimum Gasteiger partial charge on any atom is -0.494 e. The first-order valence-corrected chi connectivity index (χ1v) is 7.29. The number of hydrogen-bond donors (Lipinski definition) is 1. The lowest BCUT2D eigenvalue weighted by molar-refractivity contribution is 0.385. The van der Waals surface area contributed by atoms with Crippen LogP contribution in [0.2, 0.25) is 0 Å². The third-order valence-electron chi connectivity index (χ3n) is 3.48. The molecule has 112 valence electrons. The molecule has 1 unspecified atom stereocenters. The van der Waals surface area contributed by atoms with Crippen molar-refractivity contribution in [3.8, 4) is 5.75 Å². The van der Waals surface area contributed by atoms with Gasteiger partial charge >= 0.3 is 0 Å². The van der Waals surface area contributed by atoms with Crippen LogP contribution in [0.4, 0.5) is 4.39 Å². The Balaban J connectivity index is 2.40. The highest BCUT2D eigenvalue weighted by atomic mass is 19.1. The molecule has 0 fully saturated rings. The first kappa shape index (κ1) is 15.5. The molecule has 0 heterocycles. The van der Waals surface area contributed by atoms with Gasteiger partial charge in [0.25, 0.3) is 0 Å². The van der Waals surface area contributed by atoms with E-state index >= 15 is 0 Å². The lowest BCUT2D eigenvalue weighted by Crippen LogP contribution is -2.23. The Bertz CT molecular complexity index is 598. The Kier molecular flexibility index (Phi) is 5.34. The number of halogens is 1. The van der Waals surface area contributed by atoms with E-state index in [2.05, 4.69) is 37.4 Å². The SMILES string of the molecule is CCCNC(c1cccc(C)c1)c1ccc(F)c(OC)c1. The standard InChI is InChI=1S/C18H22FNO/c1-4-10-20-18(14-7-5-6-13(2)11-14)15-8-9-16(19)17(12-15)21-3/h5-9,11-12,18,20H,4,10H2,1-3H3. The normalized spacial score (nSPS) is 12.2. The molecule has 21 heavy (non-hydrogen) atoms. The zero-order valence-electron chi connectivity index (χ0n) is 12.8. The molecule has 0 aliphatic rings. The van der Waals surface area contributed by atoms with E-state index < -0.39 is 0 Å². The molecule has 0 spiro atoms. The molecule has 0 saturated heterocycles. The third-order valence-corrected chi connectivity index (χ3v) is 3.48. The average Bonchev–Trinajstić information content (AvgIpc) is 2.49. The summed E-state index contributed by atoms with van der Waals surface area (Å²) in [6, 6.07) is 13.5. The van der Waals surface area contributed by atoms with Gasteiger partial charge in [-0.2, -0.15) is 0 Å². The zero-order valence-corrected chi connectivity index (χ0v) is 12.8. The van der Waals surface area contributed by atoms with Gasteiger partial charge in [0.05, 0.1) is 13.2 Å². The number of ether oxygens (including phenoxy) is 1. The average molecular weight is 287 g/mol. The summed E-state index contributed by atoms with van der Waals surface area (Å²) in [6.07, 6.45) is 1.04. The first-order valence-electron chi connectivity index (χ1n) is 7.29. The number of rotatable bonds is 6. The van der Waals surface area contributed by atoms with E-state index in [9.17, 15) is 4.39 Å². The van der Waals surface area contributed by atoms with Crippen LogP contribution in [0.15, 0.2) is 42.5 Å². The van der Waals surface area contributed by atoms with Gasteiger partial charge in [-0.25, -0.2) is 4.39 Å². The molecule has 2 aromatic carbocycles. The van der Waals surface area contributed by atoms with Gasteiger partial charge in [0.1, 0.15) is 0 Å². The van der Waals surface area contributed by atoms with E-state index in [1.54, 1.807) is 6.07 Å². The smallest absolute Gasteiger partial charge is 0.165 e. The van der Waals surface area contributed by atoms with Crippen molar-refractivity contribution in [2.24, 2.45) is 0 Å². The molecule has 0 amide bonds. The quantitative estimate of drug-likeness (QED) is 0.858. The molecule has 1 atom stereocenters. The van der Waals surface area contributed by atoms with Crippen molar-refractivity contribution in [2.45, 2.75) is 26.3 Å². The third kappa shape index (κ3) is 3.82. The summed E-state index contributed by atoms with van der Waals surface area (Å²) in [6.45, 7) is 5.11. The highest BCUT2D eigenvalue weighted by Crippen LogP contribution is 2.27. The Morgan fingerprint density at radius 1 is 1.14 bits per heavy atom. The molecule has 2 aromatic rings. The molecule has 0 aliphatic carbocycles. The van der Waals surface area contributed by atoms with Gasteiger partial charge < -0.3 is 10.1 Å². The van der Waals surface area contributed by atoms with E-state index in [-0.39, 0.29) is 17.6 Å². The summed E-state index contributed by atoms with van der Waals surface area (Å²) in [5.41, 5.74) is 3.40. The van der Waals surface area contributed by atoms with Crippen LogP contribution in [-0.4, -0.2) is 13.7 Å². The summed E-state index contributed by atoms with van der Waals surface area (Å²) in [4.78, 5) is 0. The van der Waals surface area contributed by atoms with Crippen molar-refractivity contribution < 1.29 is 9.13 Å². The number of nitrogens with one attached hydrogen (secondary N) is 1. The molecule has 0 bridgehead atoms. The second-order valence-corrected chi connectivity index (χ2v) is 5.20. The van der Waals surface area contributed by atoms with Crippen molar-refractivity contribution in [3.63, 3.8) is 0 Å². The number of methoxy groups -OCH3 is 1. The predicted molar refractivity (Wildman–Crippen MR) is 84.3 cm³/mol. The fourth-order valence-electron chi connectivity index (χ4n) is 2.42. The van der Waals surface area contributed by atoms with Crippen LogP contribution in [0.5, 0.6) is 5.75 Å². The molecular weight excluding hydrogens is 265 g/mol. The van der Waals surface area contributed by atoms with Crippen molar-refractivity contribution in [1.82, 2.24) is 5.32 Å². The van der Waals surface area contributed by atoms with Crippen LogP contribution < -0.4 is 10.1 Å². The maximum absolute atomic E-state index is 13.6. The second kappa shape index (κ2) is 7.23. The van der Waals surface area contributed by atoms with E-state index in [1.165, 1.54) is 24.3 Å². The van der Waals surface area contributed by atoms with E-state index in [1.807, 2.05) is 12.1 Å². The number of benzene rings is 2. The summed E-state index contributed by atoms with van der Waals surface area (Å²) >= 11 is 0. The molecule has 2 nitrogen and oxygen atoms in total. The van der Waals surface area contributed by atoms with Crippen LogP contribution >= 0.6 is 0 Å². The van der Waals surface area contributed by atoms with Crippen molar-refractivity contribution in [1.29, 1.82) is 0 Å². The van der Waals surface area contributed by atoms with Gasteiger partial charge in [0.2, 0.25) is 0 Å². The van der Waals surface area contributed by atoms with E-state index in [0.717, 1.165) is 18.5 Å². The van der Waals surface area contributed by atoms with Crippen LogP contribution in [0, 0.1) is 12.7 Å². The highest BCUT2D eigenvalue weighted by molar-refractivity contribution is 5.38. The Morgan fingerprint density at radius 2 is 1.90 bits per heavy atom. The van der Waals surface area contributed by atoms with Crippen LogP contribution in [0.3, 0.4) is 0 Å². The summed E-state index contributed by atoms with van der Waals surface area (Å²) in [7, 11) is 1.49. The zero-order chi connectivity index (χ0) is 15.2. The summed E-state index contributed by atoms with van der Waals surface area (Å²) < 4.78 is 18.7. The lowest BCUT2D eigenvalue weighted by Gasteiger charge is -2.21. The molecule has 2 rings (SSSR count). The maximum atomic E-state index is 13.6. The number of aryl methyl sites for hydroxylation is 1. The molecule has 1 N–H and O–H groups in total. The molecule has 0 saturated carbocycles. The maximum Gasteiger partial charge on any atom is 0.165 e.